The lowest BCUT2D eigenvalue weighted by Crippen LogP contribution is -2.07. The molecule has 1 aliphatic carbocycles. The molecule has 28 heavy (non-hydrogen) atoms. The molecule has 4 aromatic heterocycles. The maximum atomic E-state index is 4.83. The molecule has 4 aromatic rings. The van der Waals surface area contributed by atoms with Crippen molar-refractivity contribution in [2.24, 2.45) is 13.0 Å². The second-order valence-electron chi connectivity index (χ2n) is 7.87. The van der Waals surface area contributed by atoms with Gasteiger partial charge in [-0.25, -0.2) is 9.97 Å². The van der Waals surface area contributed by atoms with E-state index < -0.39 is 0 Å². The number of rotatable bonds is 4. The van der Waals surface area contributed by atoms with Crippen molar-refractivity contribution in [3.8, 4) is 22.4 Å². The molecule has 142 valence electrons. The van der Waals surface area contributed by atoms with E-state index in [-0.39, 0.29) is 0 Å². The second kappa shape index (κ2) is 6.86. The standard InChI is InChI=1S/C22H24N6/c1-15-7-8-19(18-11-25-28(13-18)12-16-5-3-4-6-16)21(26-15)17-9-20-22(23-10-17)27(2)14-24-20/h7-11,13-14,16H,3-6,12H2,1-2H3. The van der Waals surface area contributed by atoms with Gasteiger partial charge in [0.25, 0.3) is 0 Å². The highest BCUT2D eigenvalue weighted by molar-refractivity contribution is 5.84. The zero-order valence-electron chi connectivity index (χ0n) is 16.3. The molecule has 1 fully saturated rings. The molecule has 1 saturated carbocycles. The van der Waals surface area contributed by atoms with Crippen LogP contribution in [0, 0.1) is 12.8 Å². The molecule has 5 rings (SSSR count). The molecule has 0 spiro atoms. The van der Waals surface area contributed by atoms with E-state index >= 15 is 0 Å². The third kappa shape index (κ3) is 3.09. The van der Waals surface area contributed by atoms with Crippen LogP contribution in [-0.4, -0.2) is 29.3 Å². The van der Waals surface area contributed by atoms with Gasteiger partial charge >= 0.3 is 0 Å². The highest BCUT2D eigenvalue weighted by Gasteiger charge is 2.17. The number of pyridine rings is 2. The van der Waals surface area contributed by atoms with Crippen LogP contribution in [0.15, 0.2) is 43.1 Å². The van der Waals surface area contributed by atoms with Crippen LogP contribution in [0.4, 0.5) is 0 Å². The van der Waals surface area contributed by atoms with E-state index in [4.69, 9.17) is 4.98 Å². The SMILES string of the molecule is Cc1ccc(-c2cnn(CC3CCCC3)c2)c(-c2cnc3c(c2)ncn3C)n1. The van der Waals surface area contributed by atoms with Gasteiger partial charge in [-0.05, 0) is 37.8 Å². The molecule has 0 radical (unpaired) electrons. The third-order valence-corrected chi connectivity index (χ3v) is 5.72. The lowest BCUT2D eigenvalue weighted by molar-refractivity contribution is 0.429. The van der Waals surface area contributed by atoms with Crippen molar-refractivity contribution in [3.05, 3.63) is 48.8 Å². The Morgan fingerprint density at radius 2 is 1.93 bits per heavy atom. The minimum Gasteiger partial charge on any atom is -0.318 e. The van der Waals surface area contributed by atoms with Crippen LogP contribution in [0.1, 0.15) is 31.4 Å². The van der Waals surface area contributed by atoms with Crippen LogP contribution in [0.25, 0.3) is 33.5 Å². The van der Waals surface area contributed by atoms with Gasteiger partial charge in [0.15, 0.2) is 5.65 Å². The Balaban J connectivity index is 1.54. The highest BCUT2D eigenvalue weighted by atomic mass is 15.3. The summed E-state index contributed by atoms with van der Waals surface area (Å²) in [6, 6.07) is 6.26. The first kappa shape index (κ1) is 17.1. The van der Waals surface area contributed by atoms with Gasteiger partial charge in [-0.3, -0.25) is 9.67 Å². The second-order valence-corrected chi connectivity index (χ2v) is 7.87. The lowest BCUT2D eigenvalue weighted by Gasteiger charge is -2.10. The van der Waals surface area contributed by atoms with Crippen molar-refractivity contribution in [3.63, 3.8) is 0 Å². The molecule has 0 aromatic carbocycles. The van der Waals surface area contributed by atoms with Gasteiger partial charge in [0.1, 0.15) is 5.52 Å². The van der Waals surface area contributed by atoms with Gasteiger partial charge in [-0.15, -0.1) is 0 Å². The summed E-state index contributed by atoms with van der Waals surface area (Å²) < 4.78 is 4.02. The van der Waals surface area contributed by atoms with Crippen LogP contribution in [0.2, 0.25) is 0 Å². The summed E-state index contributed by atoms with van der Waals surface area (Å²) in [5.41, 5.74) is 6.84. The number of hydrogen-bond acceptors (Lipinski definition) is 4. The fraction of sp³-hybridized carbons (Fsp3) is 0.364. The van der Waals surface area contributed by atoms with Crippen molar-refractivity contribution in [1.29, 1.82) is 0 Å². The Labute approximate surface area is 164 Å². The molecule has 6 nitrogen and oxygen atoms in total. The topological polar surface area (TPSA) is 61.4 Å². The zero-order valence-corrected chi connectivity index (χ0v) is 16.3. The third-order valence-electron chi connectivity index (χ3n) is 5.72. The van der Waals surface area contributed by atoms with Gasteiger partial charge in [0, 0.05) is 48.4 Å². The summed E-state index contributed by atoms with van der Waals surface area (Å²) in [4.78, 5) is 13.9. The fourth-order valence-electron chi connectivity index (χ4n) is 4.22. The normalized spacial score (nSPS) is 14.9. The summed E-state index contributed by atoms with van der Waals surface area (Å²) in [6.45, 7) is 3.03. The first-order valence-electron chi connectivity index (χ1n) is 9.95. The number of hydrogen-bond donors (Lipinski definition) is 0. The van der Waals surface area contributed by atoms with E-state index in [0.717, 1.165) is 51.7 Å². The molecule has 0 unspecified atom stereocenters. The Hall–Kier alpha value is -3.02. The minimum absolute atomic E-state index is 0.763. The van der Waals surface area contributed by atoms with Crippen molar-refractivity contribution >= 4 is 11.2 Å². The monoisotopic (exact) mass is 372 g/mol. The highest BCUT2D eigenvalue weighted by Crippen LogP contribution is 2.32. The predicted molar refractivity (Wildman–Crippen MR) is 110 cm³/mol. The molecule has 0 bridgehead atoms. The van der Waals surface area contributed by atoms with E-state index in [2.05, 4.69) is 44.1 Å². The van der Waals surface area contributed by atoms with E-state index in [1.54, 1.807) is 6.33 Å². The maximum Gasteiger partial charge on any atom is 0.159 e. The number of aryl methyl sites for hydroxylation is 2. The summed E-state index contributed by atoms with van der Waals surface area (Å²) in [7, 11) is 1.96. The largest absolute Gasteiger partial charge is 0.318 e. The molecule has 0 N–H and O–H groups in total. The molecule has 6 heteroatoms. The maximum absolute atomic E-state index is 4.83. The Morgan fingerprint density at radius 3 is 2.79 bits per heavy atom. The molecule has 0 aliphatic heterocycles. The van der Waals surface area contributed by atoms with Gasteiger partial charge < -0.3 is 4.57 Å². The van der Waals surface area contributed by atoms with Crippen LogP contribution in [-0.2, 0) is 13.6 Å². The quantitative estimate of drug-likeness (QED) is 0.533. The summed E-state index contributed by atoms with van der Waals surface area (Å²) in [5, 5.41) is 4.62. The fourth-order valence-corrected chi connectivity index (χ4v) is 4.22. The summed E-state index contributed by atoms with van der Waals surface area (Å²) >= 11 is 0. The molecule has 4 heterocycles. The first-order valence-corrected chi connectivity index (χ1v) is 9.95. The smallest absolute Gasteiger partial charge is 0.159 e. The Bertz CT molecular complexity index is 1130. The number of fused-ring (bicyclic) bond motifs is 1. The van der Waals surface area contributed by atoms with Gasteiger partial charge in [0.05, 0.1) is 18.2 Å². The predicted octanol–water partition coefficient (Wildman–Crippen LogP) is 4.39. The van der Waals surface area contributed by atoms with E-state index in [0.29, 0.717) is 0 Å². The van der Waals surface area contributed by atoms with Crippen LogP contribution < -0.4 is 0 Å². The van der Waals surface area contributed by atoms with Crippen LogP contribution >= 0.6 is 0 Å². The molecule has 0 amide bonds. The van der Waals surface area contributed by atoms with Crippen molar-refractivity contribution in [2.75, 3.05) is 0 Å². The number of aromatic nitrogens is 6. The summed E-state index contributed by atoms with van der Waals surface area (Å²) in [5.74, 6) is 0.763. The average molecular weight is 372 g/mol. The first-order chi connectivity index (χ1) is 13.7. The number of nitrogens with zero attached hydrogens (tertiary/aromatic N) is 6. The van der Waals surface area contributed by atoms with Crippen molar-refractivity contribution in [1.82, 2.24) is 29.3 Å². The lowest BCUT2D eigenvalue weighted by atomic mass is 10.0. The Morgan fingerprint density at radius 1 is 1.07 bits per heavy atom. The number of imidazole rings is 1. The van der Waals surface area contributed by atoms with Gasteiger partial charge in [-0.2, -0.15) is 5.10 Å². The van der Waals surface area contributed by atoms with Gasteiger partial charge in [0.2, 0.25) is 0 Å². The zero-order chi connectivity index (χ0) is 19.1. The molecular formula is C22H24N6. The minimum atomic E-state index is 0.763. The van der Waals surface area contributed by atoms with E-state index in [9.17, 15) is 0 Å². The van der Waals surface area contributed by atoms with E-state index in [1.807, 2.05) is 30.9 Å². The van der Waals surface area contributed by atoms with Crippen LogP contribution in [0.5, 0.6) is 0 Å². The average Bonchev–Trinajstić information content (AvgIpc) is 3.44. The van der Waals surface area contributed by atoms with Crippen molar-refractivity contribution < 1.29 is 0 Å². The van der Waals surface area contributed by atoms with Crippen LogP contribution in [0.3, 0.4) is 0 Å². The summed E-state index contributed by atoms with van der Waals surface area (Å²) in [6.07, 6.45) is 13.1. The molecule has 0 atom stereocenters. The molecular weight excluding hydrogens is 348 g/mol. The Kier molecular flexibility index (Phi) is 4.19. The van der Waals surface area contributed by atoms with E-state index in [1.165, 1.54) is 25.7 Å². The van der Waals surface area contributed by atoms with Gasteiger partial charge in [-0.1, -0.05) is 18.9 Å². The molecule has 1 aliphatic rings. The van der Waals surface area contributed by atoms with Crippen molar-refractivity contribution in [2.45, 2.75) is 39.2 Å². The molecule has 0 saturated heterocycles.